The fourth-order valence-electron chi connectivity index (χ4n) is 2.24. The number of fused-ring (bicyclic) bond motifs is 1. The molecule has 0 spiro atoms. The topological polar surface area (TPSA) is 58.6 Å². The molecule has 0 atom stereocenters. The normalized spacial score (nSPS) is 14.2. The Hall–Kier alpha value is -2.28. The van der Waals surface area contributed by atoms with Gasteiger partial charge in [-0.25, -0.2) is 12.8 Å². The monoisotopic (exact) mass is 322 g/mol. The van der Waals surface area contributed by atoms with Crippen LogP contribution >= 0.6 is 0 Å². The van der Waals surface area contributed by atoms with Crippen molar-refractivity contribution < 1.29 is 17.5 Å². The first-order valence-corrected chi connectivity index (χ1v) is 8.20. The number of benzene rings is 2. The molecule has 0 aliphatic carbocycles. The van der Waals surface area contributed by atoms with Crippen LogP contribution in [0, 0.1) is 5.82 Å². The lowest BCUT2D eigenvalue weighted by molar-refractivity contribution is 0.311. The molecule has 7 heteroatoms. The Kier molecular flexibility index (Phi) is 3.66. The first-order valence-electron chi connectivity index (χ1n) is 6.72. The van der Waals surface area contributed by atoms with Gasteiger partial charge in [0.1, 0.15) is 18.2 Å². The third-order valence-electron chi connectivity index (χ3n) is 3.43. The van der Waals surface area contributed by atoms with Crippen LogP contribution in [0.4, 0.5) is 15.8 Å². The van der Waals surface area contributed by atoms with Gasteiger partial charge in [-0.2, -0.15) is 0 Å². The van der Waals surface area contributed by atoms with Gasteiger partial charge in [0.15, 0.2) is 0 Å². The maximum absolute atomic E-state index is 12.9. The van der Waals surface area contributed by atoms with Crippen LogP contribution in [0.15, 0.2) is 47.4 Å². The maximum atomic E-state index is 12.9. The number of nitrogens with zero attached hydrogens (tertiary/aromatic N) is 1. The number of nitrogens with one attached hydrogen (secondary N) is 1. The summed E-state index contributed by atoms with van der Waals surface area (Å²) in [5, 5.41) is 0. The number of halogens is 1. The Morgan fingerprint density at radius 3 is 2.64 bits per heavy atom. The van der Waals surface area contributed by atoms with E-state index in [1.54, 1.807) is 18.2 Å². The fraction of sp³-hybridized carbons (Fsp3) is 0.200. The number of ether oxygens (including phenoxy) is 1. The lowest BCUT2D eigenvalue weighted by atomic mass is 10.2. The third-order valence-corrected chi connectivity index (χ3v) is 4.83. The van der Waals surface area contributed by atoms with Gasteiger partial charge in [-0.15, -0.1) is 0 Å². The highest BCUT2D eigenvalue weighted by molar-refractivity contribution is 7.92. The molecule has 1 heterocycles. The van der Waals surface area contributed by atoms with E-state index in [1.807, 2.05) is 11.9 Å². The Balaban J connectivity index is 1.89. The molecule has 116 valence electrons. The van der Waals surface area contributed by atoms with Gasteiger partial charge in [0.25, 0.3) is 10.0 Å². The highest BCUT2D eigenvalue weighted by atomic mass is 32.2. The molecule has 0 saturated heterocycles. The molecule has 0 radical (unpaired) electrons. The predicted octanol–water partition coefficient (Wildman–Crippen LogP) is 2.46. The number of sulfonamides is 1. The molecule has 1 aliphatic rings. The summed E-state index contributed by atoms with van der Waals surface area (Å²) >= 11 is 0. The highest BCUT2D eigenvalue weighted by Gasteiger charge is 2.18. The van der Waals surface area contributed by atoms with Gasteiger partial charge in [0, 0.05) is 7.05 Å². The molecular weight excluding hydrogens is 307 g/mol. The predicted molar refractivity (Wildman–Crippen MR) is 82.4 cm³/mol. The van der Waals surface area contributed by atoms with Crippen LogP contribution < -0.4 is 14.4 Å². The minimum atomic E-state index is -3.75. The Bertz CT molecular complexity index is 791. The maximum Gasteiger partial charge on any atom is 0.261 e. The average molecular weight is 322 g/mol. The molecule has 5 nitrogen and oxygen atoms in total. The third kappa shape index (κ3) is 2.85. The Morgan fingerprint density at radius 2 is 1.91 bits per heavy atom. The van der Waals surface area contributed by atoms with E-state index in [-0.39, 0.29) is 4.90 Å². The Labute approximate surface area is 128 Å². The molecule has 0 bridgehead atoms. The lowest BCUT2D eigenvalue weighted by Crippen LogP contribution is -2.28. The fourth-order valence-corrected chi connectivity index (χ4v) is 3.29. The van der Waals surface area contributed by atoms with Crippen molar-refractivity contribution in [3.05, 3.63) is 48.3 Å². The number of rotatable bonds is 3. The SMILES string of the molecule is CN1CCOc2ccc(NS(=O)(=O)c3ccc(F)cc3)cc21. The van der Waals surface area contributed by atoms with E-state index in [2.05, 4.69) is 4.72 Å². The highest BCUT2D eigenvalue weighted by Crippen LogP contribution is 2.33. The van der Waals surface area contributed by atoms with Gasteiger partial charge in [0.05, 0.1) is 22.8 Å². The first-order chi connectivity index (χ1) is 10.5. The zero-order valence-electron chi connectivity index (χ0n) is 11.9. The van der Waals surface area contributed by atoms with Crippen LogP contribution in [0.5, 0.6) is 5.75 Å². The van der Waals surface area contributed by atoms with E-state index < -0.39 is 15.8 Å². The second kappa shape index (κ2) is 5.49. The zero-order chi connectivity index (χ0) is 15.7. The summed E-state index contributed by atoms with van der Waals surface area (Å²) in [4.78, 5) is 2.00. The largest absolute Gasteiger partial charge is 0.490 e. The van der Waals surface area contributed by atoms with Gasteiger partial charge in [-0.1, -0.05) is 0 Å². The summed E-state index contributed by atoms with van der Waals surface area (Å²) < 4.78 is 45.5. The van der Waals surface area contributed by atoms with Gasteiger partial charge >= 0.3 is 0 Å². The summed E-state index contributed by atoms with van der Waals surface area (Å²) in [5.41, 5.74) is 1.26. The van der Waals surface area contributed by atoms with Crippen LogP contribution in [0.25, 0.3) is 0 Å². The van der Waals surface area contributed by atoms with Gasteiger partial charge in [-0.3, -0.25) is 4.72 Å². The quantitative estimate of drug-likeness (QED) is 0.943. The van der Waals surface area contributed by atoms with Gasteiger partial charge < -0.3 is 9.64 Å². The second-order valence-electron chi connectivity index (χ2n) is 5.01. The number of anilines is 2. The van der Waals surface area contributed by atoms with Crippen molar-refractivity contribution in [1.29, 1.82) is 0 Å². The molecule has 0 fully saturated rings. The van der Waals surface area contributed by atoms with E-state index in [0.717, 1.165) is 30.1 Å². The molecule has 3 rings (SSSR count). The molecule has 0 aromatic heterocycles. The van der Waals surface area contributed by atoms with Crippen LogP contribution in [-0.2, 0) is 10.0 Å². The van der Waals surface area contributed by atoms with Gasteiger partial charge in [0.2, 0.25) is 0 Å². The summed E-state index contributed by atoms with van der Waals surface area (Å²) in [5.74, 6) is 0.241. The molecular formula is C15H15FN2O3S. The van der Waals surface area contributed by atoms with Crippen LogP contribution in [0.2, 0.25) is 0 Å². The number of hydrogen-bond donors (Lipinski definition) is 1. The van der Waals surface area contributed by atoms with Crippen molar-refractivity contribution in [2.45, 2.75) is 4.90 Å². The van der Waals surface area contributed by atoms with E-state index in [1.165, 1.54) is 12.1 Å². The molecule has 0 amide bonds. The van der Waals surface area contributed by atoms with Crippen molar-refractivity contribution >= 4 is 21.4 Å². The minimum absolute atomic E-state index is 0.0104. The van der Waals surface area contributed by atoms with Crippen molar-refractivity contribution in [1.82, 2.24) is 0 Å². The van der Waals surface area contributed by atoms with Crippen LogP contribution in [0.1, 0.15) is 0 Å². The van der Waals surface area contributed by atoms with Crippen molar-refractivity contribution in [2.75, 3.05) is 29.8 Å². The van der Waals surface area contributed by atoms with E-state index in [0.29, 0.717) is 12.3 Å². The molecule has 1 aliphatic heterocycles. The lowest BCUT2D eigenvalue weighted by Gasteiger charge is -2.28. The van der Waals surface area contributed by atoms with Crippen molar-refractivity contribution in [3.8, 4) is 5.75 Å². The summed E-state index contributed by atoms with van der Waals surface area (Å²) in [6.07, 6.45) is 0. The summed E-state index contributed by atoms with van der Waals surface area (Å²) in [7, 11) is -1.83. The molecule has 0 unspecified atom stereocenters. The van der Waals surface area contributed by atoms with E-state index in [4.69, 9.17) is 4.74 Å². The van der Waals surface area contributed by atoms with E-state index in [9.17, 15) is 12.8 Å². The summed E-state index contributed by atoms with van der Waals surface area (Å²) in [6, 6.07) is 9.77. The summed E-state index contributed by atoms with van der Waals surface area (Å²) in [6.45, 7) is 1.34. The zero-order valence-corrected chi connectivity index (χ0v) is 12.7. The molecule has 0 saturated carbocycles. The molecule has 22 heavy (non-hydrogen) atoms. The first kappa shape index (κ1) is 14.6. The molecule has 2 aromatic rings. The molecule has 2 aromatic carbocycles. The van der Waals surface area contributed by atoms with Crippen LogP contribution in [-0.4, -0.2) is 28.6 Å². The standard InChI is InChI=1S/C15H15FN2O3S/c1-18-8-9-21-15-7-4-12(10-14(15)18)17-22(19,20)13-5-2-11(16)3-6-13/h2-7,10,17H,8-9H2,1H3. The smallest absolute Gasteiger partial charge is 0.261 e. The van der Waals surface area contributed by atoms with E-state index >= 15 is 0 Å². The minimum Gasteiger partial charge on any atom is -0.490 e. The van der Waals surface area contributed by atoms with Crippen LogP contribution in [0.3, 0.4) is 0 Å². The molecule has 1 N–H and O–H groups in total. The second-order valence-corrected chi connectivity index (χ2v) is 6.69. The van der Waals surface area contributed by atoms with Crippen molar-refractivity contribution in [3.63, 3.8) is 0 Å². The number of hydrogen-bond acceptors (Lipinski definition) is 4. The van der Waals surface area contributed by atoms with Gasteiger partial charge in [-0.05, 0) is 42.5 Å². The number of likely N-dealkylation sites (N-methyl/N-ethyl adjacent to an activating group) is 1. The average Bonchev–Trinajstić information content (AvgIpc) is 2.48. The van der Waals surface area contributed by atoms with Crippen molar-refractivity contribution in [2.24, 2.45) is 0 Å². The Morgan fingerprint density at radius 1 is 1.18 bits per heavy atom.